The van der Waals surface area contributed by atoms with Gasteiger partial charge in [-0.15, -0.1) is 0 Å². The number of aryl methyl sites for hydroxylation is 1. The number of carbonyl (C=O) groups excluding carboxylic acids is 1. The fraction of sp³-hybridized carbons (Fsp3) is 0.333. The Bertz CT molecular complexity index is 882. The van der Waals surface area contributed by atoms with E-state index in [0.29, 0.717) is 12.4 Å². The van der Waals surface area contributed by atoms with Crippen LogP contribution < -0.4 is 10.1 Å². The van der Waals surface area contributed by atoms with Crippen LogP contribution in [0.15, 0.2) is 30.3 Å². The molecule has 2 N–H and O–H groups in total. The molecule has 0 radical (unpaired) electrons. The Morgan fingerprint density at radius 1 is 1.28 bits per heavy atom. The molecule has 0 spiro atoms. The third-order valence-electron chi connectivity index (χ3n) is 3.99. The second kappa shape index (κ2) is 7.40. The van der Waals surface area contributed by atoms with E-state index in [0.717, 1.165) is 34.6 Å². The standard InChI is InChI=1S/C18H22N4O3/c1-4-22-15-9-13(24-3)7-6-12(15)8-16(22)14-10-17(21-20-14)19-18(23)11-25-5-2/h6-10H,4-5,11H2,1-3H3,(H2,19,20,21,23). The molecule has 0 saturated carbocycles. The van der Waals surface area contributed by atoms with Crippen LogP contribution in [0.25, 0.3) is 22.3 Å². The van der Waals surface area contributed by atoms with Gasteiger partial charge in [0.05, 0.1) is 24.0 Å². The fourth-order valence-corrected chi connectivity index (χ4v) is 2.82. The first-order valence-electron chi connectivity index (χ1n) is 8.27. The molecular formula is C18H22N4O3. The topological polar surface area (TPSA) is 81.2 Å². The van der Waals surface area contributed by atoms with Gasteiger partial charge in [-0.2, -0.15) is 5.10 Å². The summed E-state index contributed by atoms with van der Waals surface area (Å²) in [4.78, 5) is 11.7. The van der Waals surface area contributed by atoms with E-state index in [2.05, 4.69) is 33.1 Å². The van der Waals surface area contributed by atoms with Crippen molar-refractivity contribution in [2.45, 2.75) is 20.4 Å². The number of fused-ring (bicyclic) bond motifs is 1. The summed E-state index contributed by atoms with van der Waals surface area (Å²) in [5.74, 6) is 1.08. The van der Waals surface area contributed by atoms with Crippen LogP contribution >= 0.6 is 0 Å². The molecule has 0 unspecified atom stereocenters. The number of aromatic amines is 1. The van der Waals surface area contributed by atoms with E-state index in [1.165, 1.54) is 0 Å². The van der Waals surface area contributed by atoms with E-state index in [4.69, 9.17) is 9.47 Å². The number of carbonyl (C=O) groups is 1. The summed E-state index contributed by atoms with van der Waals surface area (Å²) >= 11 is 0. The summed E-state index contributed by atoms with van der Waals surface area (Å²) < 4.78 is 12.6. The lowest BCUT2D eigenvalue weighted by Gasteiger charge is -2.07. The van der Waals surface area contributed by atoms with Gasteiger partial charge in [0.25, 0.3) is 5.91 Å². The van der Waals surface area contributed by atoms with Crippen molar-refractivity contribution in [3.63, 3.8) is 0 Å². The molecule has 7 heteroatoms. The van der Waals surface area contributed by atoms with Gasteiger partial charge in [-0.1, -0.05) is 0 Å². The quantitative estimate of drug-likeness (QED) is 0.691. The van der Waals surface area contributed by atoms with E-state index < -0.39 is 0 Å². The molecule has 132 valence electrons. The van der Waals surface area contributed by atoms with Crippen molar-refractivity contribution >= 4 is 22.6 Å². The van der Waals surface area contributed by atoms with Crippen LogP contribution in [-0.2, 0) is 16.1 Å². The number of aromatic nitrogens is 3. The van der Waals surface area contributed by atoms with Crippen molar-refractivity contribution in [3.8, 4) is 17.1 Å². The van der Waals surface area contributed by atoms with E-state index >= 15 is 0 Å². The van der Waals surface area contributed by atoms with Gasteiger partial charge in [0, 0.05) is 30.7 Å². The van der Waals surface area contributed by atoms with E-state index in [-0.39, 0.29) is 12.5 Å². The number of hydrogen-bond donors (Lipinski definition) is 2. The predicted octanol–water partition coefficient (Wildman–Crippen LogP) is 3.03. The summed E-state index contributed by atoms with van der Waals surface area (Å²) in [5, 5.41) is 11.0. The first-order chi connectivity index (χ1) is 12.2. The molecule has 0 aliphatic heterocycles. The monoisotopic (exact) mass is 342 g/mol. The Balaban J connectivity index is 1.90. The SMILES string of the molecule is CCOCC(=O)Nc1cc(-c2cc3ccc(OC)cc3n2CC)[nH]n1. The zero-order valence-corrected chi connectivity index (χ0v) is 14.6. The highest BCUT2D eigenvalue weighted by molar-refractivity contribution is 5.92. The predicted molar refractivity (Wildman–Crippen MR) is 96.9 cm³/mol. The molecule has 0 aliphatic rings. The molecular weight excluding hydrogens is 320 g/mol. The zero-order chi connectivity index (χ0) is 17.8. The van der Waals surface area contributed by atoms with Gasteiger partial charge in [0.1, 0.15) is 12.4 Å². The number of amides is 1. The van der Waals surface area contributed by atoms with Gasteiger partial charge >= 0.3 is 0 Å². The van der Waals surface area contributed by atoms with Crippen LogP contribution in [0.2, 0.25) is 0 Å². The molecule has 2 heterocycles. The highest BCUT2D eigenvalue weighted by atomic mass is 16.5. The Hall–Kier alpha value is -2.80. The van der Waals surface area contributed by atoms with Gasteiger partial charge < -0.3 is 19.4 Å². The van der Waals surface area contributed by atoms with Gasteiger partial charge in [-0.05, 0) is 32.0 Å². The lowest BCUT2D eigenvalue weighted by molar-refractivity contribution is -0.120. The summed E-state index contributed by atoms with van der Waals surface area (Å²) in [6.45, 7) is 5.26. The molecule has 1 amide bonds. The molecule has 2 aromatic heterocycles. The molecule has 0 saturated heterocycles. The van der Waals surface area contributed by atoms with Crippen molar-refractivity contribution in [2.75, 3.05) is 25.6 Å². The number of H-pyrrole nitrogens is 1. The largest absolute Gasteiger partial charge is 0.497 e. The van der Waals surface area contributed by atoms with Crippen LogP contribution in [0.4, 0.5) is 5.82 Å². The molecule has 0 bridgehead atoms. The summed E-state index contributed by atoms with van der Waals surface area (Å²) in [6.07, 6.45) is 0. The summed E-state index contributed by atoms with van der Waals surface area (Å²) in [6, 6.07) is 9.91. The van der Waals surface area contributed by atoms with Crippen molar-refractivity contribution in [1.82, 2.24) is 14.8 Å². The molecule has 3 rings (SSSR count). The first-order valence-corrected chi connectivity index (χ1v) is 8.27. The lowest BCUT2D eigenvalue weighted by atomic mass is 10.2. The van der Waals surface area contributed by atoms with Crippen LogP contribution in [0.1, 0.15) is 13.8 Å². The van der Waals surface area contributed by atoms with Crippen molar-refractivity contribution in [1.29, 1.82) is 0 Å². The Morgan fingerprint density at radius 2 is 2.12 bits per heavy atom. The normalized spacial score (nSPS) is 11.0. The Morgan fingerprint density at radius 3 is 2.84 bits per heavy atom. The first kappa shape index (κ1) is 17.0. The van der Waals surface area contributed by atoms with E-state index in [1.807, 2.05) is 31.2 Å². The molecule has 1 aromatic carbocycles. The number of rotatable bonds is 7. The maximum absolute atomic E-state index is 11.7. The van der Waals surface area contributed by atoms with Crippen LogP contribution in [-0.4, -0.2) is 41.0 Å². The minimum absolute atomic E-state index is 0.0215. The van der Waals surface area contributed by atoms with Crippen LogP contribution in [0.3, 0.4) is 0 Å². The smallest absolute Gasteiger partial charge is 0.251 e. The van der Waals surface area contributed by atoms with Crippen molar-refractivity contribution in [2.24, 2.45) is 0 Å². The summed E-state index contributed by atoms with van der Waals surface area (Å²) in [7, 11) is 1.66. The van der Waals surface area contributed by atoms with Crippen molar-refractivity contribution in [3.05, 3.63) is 30.3 Å². The van der Waals surface area contributed by atoms with Gasteiger partial charge in [-0.25, -0.2) is 0 Å². The molecule has 0 atom stereocenters. The number of methoxy groups -OCH3 is 1. The Kier molecular flexibility index (Phi) is 5.04. The van der Waals surface area contributed by atoms with E-state index in [1.54, 1.807) is 7.11 Å². The maximum atomic E-state index is 11.7. The zero-order valence-electron chi connectivity index (χ0n) is 14.6. The van der Waals surface area contributed by atoms with Crippen LogP contribution in [0, 0.1) is 0 Å². The Labute approximate surface area is 145 Å². The maximum Gasteiger partial charge on any atom is 0.251 e. The minimum atomic E-state index is -0.222. The number of hydrogen-bond acceptors (Lipinski definition) is 4. The number of ether oxygens (including phenoxy) is 2. The number of anilines is 1. The molecule has 0 aliphatic carbocycles. The fourth-order valence-electron chi connectivity index (χ4n) is 2.82. The van der Waals surface area contributed by atoms with E-state index in [9.17, 15) is 4.79 Å². The average Bonchev–Trinajstić information content (AvgIpc) is 3.22. The number of benzene rings is 1. The van der Waals surface area contributed by atoms with Gasteiger partial charge in [0.2, 0.25) is 0 Å². The second-order valence-corrected chi connectivity index (χ2v) is 5.55. The lowest BCUT2D eigenvalue weighted by Crippen LogP contribution is -2.18. The molecule has 25 heavy (non-hydrogen) atoms. The van der Waals surface area contributed by atoms with Crippen LogP contribution in [0.5, 0.6) is 5.75 Å². The minimum Gasteiger partial charge on any atom is -0.497 e. The van der Waals surface area contributed by atoms with Gasteiger partial charge in [0.15, 0.2) is 5.82 Å². The van der Waals surface area contributed by atoms with Gasteiger partial charge in [-0.3, -0.25) is 9.89 Å². The average molecular weight is 342 g/mol. The number of nitrogens with zero attached hydrogens (tertiary/aromatic N) is 2. The highest BCUT2D eigenvalue weighted by Crippen LogP contribution is 2.30. The summed E-state index contributed by atoms with van der Waals surface area (Å²) in [5.41, 5.74) is 2.93. The molecule has 0 fully saturated rings. The number of nitrogens with one attached hydrogen (secondary N) is 2. The molecule has 7 nitrogen and oxygen atoms in total. The third-order valence-corrected chi connectivity index (χ3v) is 3.99. The second-order valence-electron chi connectivity index (χ2n) is 5.55. The third kappa shape index (κ3) is 3.51. The van der Waals surface area contributed by atoms with Crippen molar-refractivity contribution < 1.29 is 14.3 Å². The highest BCUT2D eigenvalue weighted by Gasteiger charge is 2.14. The molecule has 3 aromatic rings.